The maximum atomic E-state index is 11.3. The predicted octanol–water partition coefficient (Wildman–Crippen LogP) is 4.93. The number of carboxylic acids is 1. The summed E-state index contributed by atoms with van der Waals surface area (Å²) in [5, 5.41) is 17.1. The molecule has 0 spiro atoms. The van der Waals surface area contributed by atoms with E-state index in [4.69, 9.17) is 9.72 Å². The van der Waals surface area contributed by atoms with Crippen LogP contribution in [0.15, 0.2) is 42.4 Å². The van der Waals surface area contributed by atoms with Crippen LogP contribution in [0.3, 0.4) is 0 Å². The summed E-state index contributed by atoms with van der Waals surface area (Å²) in [6.07, 6.45) is 12.7. The van der Waals surface area contributed by atoms with Crippen molar-refractivity contribution in [2.45, 2.75) is 77.5 Å². The van der Waals surface area contributed by atoms with Gasteiger partial charge in [0, 0.05) is 18.3 Å². The second-order valence-electron chi connectivity index (χ2n) is 10.5. The van der Waals surface area contributed by atoms with Gasteiger partial charge in [-0.05, 0) is 58.9 Å². The summed E-state index contributed by atoms with van der Waals surface area (Å²) in [5.41, 5.74) is 2.58. The minimum atomic E-state index is -0.911. The van der Waals surface area contributed by atoms with E-state index >= 15 is 0 Å². The summed E-state index contributed by atoms with van der Waals surface area (Å²) >= 11 is 0. The first-order chi connectivity index (χ1) is 15.4. The predicted molar refractivity (Wildman–Crippen MR) is 127 cm³/mol. The minimum Gasteiger partial charge on any atom is -0.478 e. The summed E-state index contributed by atoms with van der Waals surface area (Å²) in [7, 11) is 0. The number of hydrogen-bond acceptors (Lipinski definition) is 6. The largest absolute Gasteiger partial charge is 0.478 e. The molecule has 2 unspecified atom stereocenters. The van der Waals surface area contributed by atoms with E-state index in [-0.39, 0.29) is 29.1 Å². The molecule has 8 heteroatoms. The van der Waals surface area contributed by atoms with Crippen molar-refractivity contribution < 1.29 is 14.6 Å². The Morgan fingerprint density at radius 3 is 2.55 bits per heavy atom. The Bertz CT molecular complexity index is 1100. The van der Waals surface area contributed by atoms with Crippen molar-refractivity contribution in [2.24, 2.45) is 5.92 Å². The lowest BCUT2D eigenvalue weighted by atomic mass is 9.83. The highest BCUT2D eigenvalue weighted by atomic mass is 16.5. The van der Waals surface area contributed by atoms with Crippen LogP contribution in [0, 0.1) is 12.8 Å². The van der Waals surface area contributed by atoms with E-state index in [1.807, 2.05) is 30.8 Å². The molecule has 1 aliphatic carbocycles. The molecular formula is C25H33N5O3. The Balaban J connectivity index is 1.52. The van der Waals surface area contributed by atoms with E-state index in [0.29, 0.717) is 11.5 Å². The maximum absolute atomic E-state index is 11.3. The summed E-state index contributed by atoms with van der Waals surface area (Å²) in [6, 6.07) is 0.247. The fraction of sp³-hybridized carbons (Fsp3) is 0.520. The number of rotatable bonds is 5. The molecule has 176 valence electrons. The van der Waals surface area contributed by atoms with Crippen LogP contribution in [0.1, 0.15) is 70.7 Å². The molecule has 4 rings (SSSR count). The van der Waals surface area contributed by atoms with Gasteiger partial charge in [-0.1, -0.05) is 25.2 Å². The summed E-state index contributed by atoms with van der Waals surface area (Å²) in [4.78, 5) is 20.5. The first-order valence-corrected chi connectivity index (χ1v) is 11.4. The number of aryl methyl sites for hydroxylation is 1. The van der Waals surface area contributed by atoms with Crippen molar-refractivity contribution in [3.8, 4) is 0 Å². The van der Waals surface area contributed by atoms with E-state index in [1.54, 1.807) is 24.5 Å². The normalized spacial score (nSPS) is 24.4. The average molecular weight is 452 g/mol. The molecule has 0 radical (unpaired) electrons. The minimum absolute atomic E-state index is 0.00826. The SMILES string of the molecule is Cc1cnc(Nc2cnn(C3CC(C)(C)OC(C)(C)C3)c2)nc1C1C=CC(C(=O)O)=CC1C. The van der Waals surface area contributed by atoms with Gasteiger partial charge in [-0.25, -0.2) is 14.8 Å². The van der Waals surface area contributed by atoms with Gasteiger partial charge in [-0.3, -0.25) is 4.68 Å². The number of carboxylic acid groups (broad SMARTS) is 1. The topological polar surface area (TPSA) is 102 Å². The van der Waals surface area contributed by atoms with Gasteiger partial charge in [-0.2, -0.15) is 5.10 Å². The monoisotopic (exact) mass is 451 g/mol. The van der Waals surface area contributed by atoms with E-state index < -0.39 is 5.97 Å². The maximum Gasteiger partial charge on any atom is 0.335 e. The van der Waals surface area contributed by atoms with Crippen molar-refractivity contribution in [2.75, 3.05) is 5.32 Å². The zero-order valence-electron chi connectivity index (χ0n) is 20.2. The Morgan fingerprint density at radius 1 is 1.21 bits per heavy atom. The molecule has 0 amide bonds. The standard InChI is InChI=1S/C25H33N5O3/c1-15-9-17(22(31)32)7-8-20(15)21-16(2)12-26-23(29-21)28-18-13-27-30(14-18)19-10-24(3,4)33-25(5,6)11-19/h7-9,12-15,19-20H,10-11H2,1-6H3,(H,31,32)(H,26,28,29). The van der Waals surface area contributed by atoms with Crippen LogP contribution >= 0.6 is 0 Å². The second kappa shape index (κ2) is 8.41. The van der Waals surface area contributed by atoms with Crippen LogP contribution in [0.4, 0.5) is 11.6 Å². The van der Waals surface area contributed by atoms with Gasteiger partial charge in [0.15, 0.2) is 0 Å². The Morgan fingerprint density at radius 2 is 1.91 bits per heavy atom. The Kier molecular flexibility index (Phi) is 5.90. The summed E-state index contributed by atoms with van der Waals surface area (Å²) in [6.45, 7) is 12.5. The molecule has 3 heterocycles. The zero-order chi connectivity index (χ0) is 24.0. The molecule has 1 fully saturated rings. The lowest BCUT2D eigenvalue weighted by Gasteiger charge is -2.45. The molecule has 2 aromatic heterocycles. The molecule has 8 nitrogen and oxygen atoms in total. The van der Waals surface area contributed by atoms with E-state index in [9.17, 15) is 9.90 Å². The van der Waals surface area contributed by atoms with E-state index in [2.05, 4.69) is 43.1 Å². The van der Waals surface area contributed by atoms with Crippen LogP contribution in [-0.4, -0.2) is 42.0 Å². The Labute approximate surface area is 194 Å². The Hall–Kier alpha value is -3.00. The molecule has 33 heavy (non-hydrogen) atoms. The molecule has 2 aromatic rings. The fourth-order valence-electron chi connectivity index (χ4n) is 5.12. The number of allylic oxidation sites excluding steroid dienone is 2. The van der Waals surface area contributed by atoms with Gasteiger partial charge in [0.1, 0.15) is 0 Å². The highest BCUT2D eigenvalue weighted by molar-refractivity contribution is 5.90. The highest BCUT2D eigenvalue weighted by Crippen LogP contribution is 2.41. The molecule has 0 bridgehead atoms. The van der Waals surface area contributed by atoms with Gasteiger partial charge >= 0.3 is 5.97 Å². The smallest absolute Gasteiger partial charge is 0.335 e. The van der Waals surface area contributed by atoms with Gasteiger partial charge in [0.2, 0.25) is 5.95 Å². The van der Waals surface area contributed by atoms with Crippen molar-refractivity contribution >= 4 is 17.6 Å². The van der Waals surface area contributed by atoms with E-state index in [0.717, 1.165) is 29.8 Å². The number of aromatic nitrogens is 4. The molecule has 2 N–H and O–H groups in total. The quantitative estimate of drug-likeness (QED) is 0.664. The molecular weight excluding hydrogens is 418 g/mol. The number of ether oxygens (including phenoxy) is 1. The average Bonchev–Trinajstić information content (AvgIpc) is 3.16. The molecule has 0 aromatic carbocycles. The van der Waals surface area contributed by atoms with Crippen molar-refractivity contribution in [1.82, 2.24) is 19.7 Å². The van der Waals surface area contributed by atoms with Crippen LogP contribution in [0.5, 0.6) is 0 Å². The van der Waals surface area contributed by atoms with Crippen LogP contribution in [0.2, 0.25) is 0 Å². The van der Waals surface area contributed by atoms with Gasteiger partial charge in [-0.15, -0.1) is 0 Å². The van der Waals surface area contributed by atoms with Crippen LogP contribution in [-0.2, 0) is 9.53 Å². The van der Waals surface area contributed by atoms with Crippen LogP contribution in [0.25, 0.3) is 0 Å². The third-order valence-corrected chi connectivity index (χ3v) is 6.30. The highest BCUT2D eigenvalue weighted by Gasteiger charge is 2.40. The lowest BCUT2D eigenvalue weighted by molar-refractivity contribution is -0.170. The van der Waals surface area contributed by atoms with Gasteiger partial charge < -0.3 is 15.2 Å². The van der Waals surface area contributed by atoms with E-state index in [1.165, 1.54) is 0 Å². The van der Waals surface area contributed by atoms with Crippen molar-refractivity contribution in [3.63, 3.8) is 0 Å². The molecule has 0 saturated carbocycles. The summed E-state index contributed by atoms with van der Waals surface area (Å²) < 4.78 is 8.21. The molecule has 1 aliphatic heterocycles. The number of nitrogens with zero attached hydrogens (tertiary/aromatic N) is 4. The van der Waals surface area contributed by atoms with Crippen LogP contribution < -0.4 is 5.32 Å². The number of carbonyl (C=O) groups is 1. The third-order valence-electron chi connectivity index (χ3n) is 6.30. The number of nitrogens with one attached hydrogen (secondary N) is 1. The number of hydrogen-bond donors (Lipinski definition) is 2. The lowest BCUT2D eigenvalue weighted by Crippen LogP contribution is -2.45. The van der Waals surface area contributed by atoms with Gasteiger partial charge in [0.05, 0.1) is 40.4 Å². The third kappa shape index (κ3) is 5.16. The summed E-state index contributed by atoms with van der Waals surface area (Å²) in [5.74, 6) is -0.403. The van der Waals surface area contributed by atoms with Gasteiger partial charge in [0.25, 0.3) is 0 Å². The fourth-order valence-corrected chi connectivity index (χ4v) is 5.12. The molecule has 2 aliphatic rings. The molecule has 2 atom stereocenters. The first-order valence-electron chi connectivity index (χ1n) is 11.4. The number of anilines is 2. The second-order valence-corrected chi connectivity index (χ2v) is 10.5. The molecule has 1 saturated heterocycles. The van der Waals surface area contributed by atoms with Crippen molar-refractivity contribution in [1.29, 1.82) is 0 Å². The first kappa shape index (κ1) is 23.2. The zero-order valence-corrected chi connectivity index (χ0v) is 20.2. The number of aliphatic carboxylic acids is 1. The van der Waals surface area contributed by atoms with Crippen molar-refractivity contribution in [3.05, 3.63) is 53.6 Å².